The van der Waals surface area contributed by atoms with Crippen LogP contribution in [0.3, 0.4) is 0 Å². The maximum absolute atomic E-state index is 2.52. The van der Waals surface area contributed by atoms with Gasteiger partial charge < -0.3 is 0 Å². The van der Waals surface area contributed by atoms with Gasteiger partial charge in [-0.2, -0.15) is 0 Å². The van der Waals surface area contributed by atoms with Crippen LogP contribution in [0.4, 0.5) is 0 Å². The highest BCUT2D eigenvalue weighted by molar-refractivity contribution is 6.91. The van der Waals surface area contributed by atoms with Gasteiger partial charge in [-0.3, -0.25) is 0 Å². The number of hydrogen-bond acceptors (Lipinski definition) is 0. The molecule has 1 aromatic rings. The highest BCUT2D eigenvalue weighted by atomic mass is 28.3. The molecule has 0 aromatic heterocycles. The second kappa shape index (κ2) is 6.40. The van der Waals surface area contributed by atoms with Crippen molar-refractivity contribution in [1.82, 2.24) is 0 Å². The van der Waals surface area contributed by atoms with Gasteiger partial charge in [-0.15, -0.1) is 0 Å². The highest BCUT2D eigenvalue weighted by Gasteiger charge is 2.30. The summed E-state index contributed by atoms with van der Waals surface area (Å²) < 4.78 is 0. The summed E-state index contributed by atoms with van der Waals surface area (Å²) in [5, 5.41) is 3.26. The molecule has 1 aromatic carbocycles. The Morgan fingerprint density at radius 2 is 1.37 bits per heavy atom. The summed E-state index contributed by atoms with van der Waals surface area (Å²) in [7, 11) is -2.45. The molecule has 0 saturated heterocycles. The van der Waals surface area contributed by atoms with E-state index < -0.39 is 16.1 Å². The molecular formula is C17H32Si2. The first-order valence-corrected chi connectivity index (χ1v) is 14.1. The van der Waals surface area contributed by atoms with Gasteiger partial charge in [-0.1, -0.05) is 100 Å². The van der Waals surface area contributed by atoms with E-state index in [9.17, 15) is 0 Å². The van der Waals surface area contributed by atoms with E-state index in [1.165, 1.54) is 18.9 Å². The lowest BCUT2D eigenvalue weighted by atomic mass is 10.3. The van der Waals surface area contributed by atoms with Gasteiger partial charge in [0, 0.05) is 0 Å². The highest BCUT2D eigenvalue weighted by Crippen LogP contribution is 2.24. The van der Waals surface area contributed by atoms with E-state index in [-0.39, 0.29) is 0 Å². The molecule has 0 spiro atoms. The van der Waals surface area contributed by atoms with Crippen molar-refractivity contribution in [3.63, 3.8) is 0 Å². The average molecular weight is 293 g/mol. The van der Waals surface area contributed by atoms with Crippen molar-refractivity contribution in [2.75, 3.05) is 0 Å². The molecule has 108 valence electrons. The molecule has 1 atom stereocenters. The Morgan fingerprint density at radius 1 is 0.895 bits per heavy atom. The molecule has 0 N–H and O–H groups in total. The zero-order valence-electron chi connectivity index (χ0n) is 14.0. The Hall–Kier alpha value is -0.346. The molecule has 0 fully saturated rings. The molecule has 0 heterocycles. The zero-order valence-corrected chi connectivity index (χ0v) is 16.0. The van der Waals surface area contributed by atoms with Crippen LogP contribution in [0.15, 0.2) is 24.3 Å². The van der Waals surface area contributed by atoms with Gasteiger partial charge in [0.15, 0.2) is 0 Å². The Bertz CT molecular complexity index is 390. The van der Waals surface area contributed by atoms with Crippen LogP contribution >= 0.6 is 0 Å². The molecule has 0 aliphatic rings. The molecule has 0 nitrogen and oxygen atoms in total. The molecule has 0 saturated carbocycles. The van der Waals surface area contributed by atoms with Crippen molar-refractivity contribution < 1.29 is 0 Å². The predicted octanol–water partition coefficient (Wildman–Crippen LogP) is 4.73. The van der Waals surface area contributed by atoms with E-state index in [1.807, 2.05) is 0 Å². The van der Waals surface area contributed by atoms with E-state index >= 15 is 0 Å². The number of hydrogen-bond donors (Lipinski definition) is 0. The van der Waals surface area contributed by atoms with Crippen molar-refractivity contribution in [3.8, 4) is 0 Å². The molecule has 1 rings (SSSR count). The third-order valence-corrected chi connectivity index (χ3v) is 13.5. The summed E-state index contributed by atoms with van der Waals surface area (Å²) in [4.78, 5) is 0. The van der Waals surface area contributed by atoms with Crippen LogP contribution in [0.25, 0.3) is 0 Å². The maximum atomic E-state index is 2.52. The molecule has 2 heteroatoms. The first kappa shape index (κ1) is 16.7. The first-order chi connectivity index (χ1) is 8.75. The molecular weight excluding hydrogens is 260 g/mol. The lowest BCUT2D eigenvalue weighted by Gasteiger charge is -2.30. The minimum Gasteiger partial charge on any atom is -0.0656 e. The average Bonchev–Trinajstić information content (AvgIpc) is 2.37. The normalized spacial score (nSPS) is 14.5. The summed E-state index contributed by atoms with van der Waals surface area (Å²) >= 11 is 0. The van der Waals surface area contributed by atoms with Crippen LogP contribution in [0.1, 0.15) is 33.6 Å². The Labute approximate surface area is 122 Å². The van der Waals surface area contributed by atoms with E-state index in [2.05, 4.69) is 71.2 Å². The SMILES string of the molecule is CCC[Si](C)(C)c1ccc([Si](C)(C)C(C)CC)cc1. The number of rotatable bonds is 6. The molecule has 0 amide bonds. The van der Waals surface area contributed by atoms with Gasteiger partial charge in [-0.05, 0) is 5.54 Å². The van der Waals surface area contributed by atoms with Gasteiger partial charge in [0.05, 0.1) is 16.1 Å². The van der Waals surface area contributed by atoms with Gasteiger partial charge in [0.1, 0.15) is 0 Å². The Balaban J connectivity index is 3.00. The van der Waals surface area contributed by atoms with Crippen molar-refractivity contribution >= 4 is 26.5 Å². The smallest absolute Gasteiger partial charge is 0.0656 e. The van der Waals surface area contributed by atoms with Crippen LogP contribution in [0.5, 0.6) is 0 Å². The maximum Gasteiger partial charge on any atom is 0.0834 e. The van der Waals surface area contributed by atoms with Crippen molar-refractivity contribution in [2.45, 2.75) is 71.4 Å². The molecule has 0 aliphatic carbocycles. The lowest BCUT2D eigenvalue weighted by molar-refractivity contribution is 0.848. The number of benzene rings is 1. The predicted molar refractivity (Wildman–Crippen MR) is 95.5 cm³/mol. The fraction of sp³-hybridized carbons (Fsp3) is 0.647. The van der Waals surface area contributed by atoms with Crippen LogP contribution < -0.4 is 10.4 Å². The van der Waals surface area contributed by atoms with Crippen molar-refractivity contribution in [3.05, 3.63) is 24.3 Å². The summed E-state index contributed by atoms with van der Waals surface area (Å²) in [6.07, 6.45) is 2.62. The van der Waals surface area contributed by atoms with Gasteiger partial charge in [0.2, 0.25) is 0 Å². The van der Waals surface area contributed by atoms with E-state index in [0.717, 1.165) is 5.54 Å². The summed E-state index contributed by atoms with van der Waals surface area (Å²) in [6, 6.07) is 11.2. The van der Waals surface area contributed by atoms with Crippen LogP contribution in [-0.2, 0) is 0 Å². The third kappa shape index (κ3) is 3.82. The Morgan fingerprint density at radius 3 is 1.79 bits per heavy atom. The molecule has 1 unspecified atom stereocenters. The van der Waals surface area contributed by atoms with E-state index in [4.69, 9.17) is 0 Å². The van der Waals surface area contributed by atoms with Gasteiger partial charge in [-0.25, -0.2) is 0 Å². The fourth-order valence-electron chi connectivity index (χ4n) is 2.92. The molecule has 19 heavy (non-hydrogen) atoms. The van der Waals surface area contributed by atoms with Crippen LogP contribution in [0.2, 0.25) is 37.8 Å². The Kier molecular flexibility index (Phi) is 5.63. The van der Waals surface area contributed by atoms with E-state index in [1.54, 1.807) is 10.4 Å². The summed E-state index contributed by atoms with van der Waals surface area (Å²) in [5.41, 5.74) is 0.860. The lowest BCUT2D eigenvalue weighted by Crippen LogP contribution is -2.47. The van der Waals surface area contributed by atoms with E-state index in [0.29, 0.717) is 0 Å². The van der Waals surface area contributed by atoms with Gasteiger partial charge in [0.25, 0.3) is 0 Å². The summed E-state index contributed by atoms with van der Waals surface area (Å²) in [6.45, 7) is 17.1. The molecule has 0 aliphatic heterocycles. The zero-order chi connectivity index (χ0) is 14.7. The van der Waals surface area contributed by atoms with Crippen LogP contribution in [-0.4, -0.2) is 16.1 Å². The van der Waals surface area contributed by atoms with Crippen LogP contribution in [0, 0.1) is 0 Å². The summed E-state index contributed by atoms with van der Waals surface area (Å²) in [5.74, 6) is 0. The molecule has 0 bridgehead atoms. The quantitative estimate of drug-likeness (QED) is 0.665. The third-order valence-electron chi connectivity index (χ3n) is 5.13. The first-order valence-electron chi connectivity index (χ1n) is 7.86. The second-order valence-corrected chi connectivity index (χ2v) is 17.1. The van der Waals surface area contributed by atoms with Gasteiger partial charge >= 0.3 is 0 Å². The fourth-order valence-corrected chi connectivity index (χ4v) is 8.14. The van der Waals surface area contributed by atoms with Crippen molar-refractivity contribution in [2.24, 2.45) is 0 Å². The second-order valence-electron chi connectivity index (χ2n) is 7.24. The molecule has 0 radical (unpaired) electrons. The standard InChI is InChI=1S/C17H32Si2/c1-8-14-18(4,5)16-10-12-17(13-11-16)19(6,7)15(3)9-2/h10-13,15H,8-9,14H2,1-7H3. The largest absolute Gasteiger partial charge is 0.0834 e. The minimum absolute atomic E-state index is 0.860. The minimum atomic E-state index is -1.27. The topological polar surface area (TPSA) is 0 Å². The van der Waals surface area contributed by atoms with Crippen molar-refractivity contribution in [1.29, 1.82) is 0 Å². The monoisotopic (exact) mass is 292 g/mol.